The maximum absolute atomic E-state index is 11.7. The molecular formula is C60H106MgO8S2. The van der Waals surface area contributed by atoms with E-state index in [0.717, 1.165) is 75.3 Å². The number of benzene rings is 2. The van der Waals surface area contributed by atoms with Crippen LogP contribution in [0.4, 0.5) is 0 Å². The van der Waals surface area contributed by atoms with Crippen molar-refractivity contribution in [1.82, 2.24) is 0 Å². The van der Waals surface area contributed by atoms with Crippen molar-refractivity contribution < 1.29 is 36.2 Å². The van der Waals surface area contributed by atoms with Crippen molar-refractivity contribution in [3.05, 3.63) is 46.5 Å². The number of phenolic OH excluding ortho intramolecular Hbond substituents is 2. The van der Waals surface area contributed by atoms with Crippen molar-refractivity contribution in [3.63, 3.8) is 0 Å². The summed E-state index contributed by atoms with van der Waals surface area (Å²) < 4.78 is 70.4. The van der Waals surface area contributed by atoms with Gasteiger partial charge in [-0.1, -0.05) is 271 Å². The molecule has 0 bridgehead atoms. The smallest absolute Gasteiger partial charge is 0.744 e. The Hall–Kier alpha value is -1.37. The van der Waals surface area contributed by atoms with E-state index in [4.69, 9.17) is 0 Å². The number of aromatic hydroxyl groups is 2. The normalized spacial score (nSPS) is 11.7. The molecule has 71 heavy (non-hydrogen) atoms. The standard InChI is InChI=1S/2C30H54O4S.Mg/c2*1-3-5-7-9-11-13-15-17-19-21-23-27-25-28(30(31)29(26-27)35(32,33)34)24-22-20-18-16-14-12-10-8-6-4-2;/h2*25-26,31H,3-24H2,1-2H3,(H,32,33,34);/q;;+2/p-2. The Balaban J connectivity index is 0.00000136. The van der Waals surface area contributed by atoms with E-state index in [1.807, 2.05) is 12.1 Å². The Morgan fingerprint density at radius 2 is 0.493 bits per heavy atom. The van der Waals surface area contributed by atoms with Crippen molar-refractivity contribution in [2.75, 3.05) is 0 Å². The minimum Gasteiger partial charge on any atom is -0.744 e. The van der Waals surface area contributed by atoms with Crippen LogP contribution in [0.15, 0.2) is 34.1 Å². The van der Waals surface area contributed by atoms with Gasteiger partial charge in [-0.2, -0.15) is 0 Å². The molecule has 2 aromatic rings. The summed E-state index contributed by atoms with van der Waals surface area (Å²) in [6.45, 7) is 8.96. The van der Waals surface area contributed by atoms with Crippen molar-refractivity contribution in [1.29, 1.82) is 0 Å². The predicted octanol–water partition coefficient (Wildman–Crippen LogP) is 18.1. The van der Waals surface area contributed by atoms with E-state index in [1.54, 1.807) is 0 Å². The molecule has 0 aliphatic rings. The van der Waals surface area contributed by atoms with Gasteiger partial charge in [-0.15, -0.1) is 0 Å². The molecule has 2 aromatic carbocycles. The van der Waals surface area contributed by atoms with Crippen LogP contribution in [0.25, 0.3) is 0 Å². The molecule has 8 nitrogen and oxygen atoms in total. The molecular weight excluding hydrogens is 937 g/mol. The molecule has 0 unspecified atom stereocenters. The van der Waals surface area contributed by atoms with Crippen LogP contribution in [0.1, 0.15) is 307 Å². The van der Waals surface area contributed by atoms with Crippen LogP contribution in [-0.4, -0.2) is 59.2 Å². The fraction of sp³-hybridized carbons (Fsp3) is 0.800. The first-order valence-electron chi connectivity index (χ1n) is 29.4. The average Bonchev–Trinajstić information content (AvgIpc) is 3.32. The molecule has 0 aliphatic heterocycles. The number of phenols is 2. The number of aryl methyl sites for hydroxylation is 4. The third-order valence-electron chi connectivity index (χ3n) is 14.2. The van der Waals surface area contributed by atoms with Crippen molar-refractivity contribution in [2.45, 2.75) is 320 Å². The fourth-order valence-corrected chi connectivity index (χ4v) is 11.1. The first-order valence-corrected chi connectivity index (χ1v) is 32.2. The second-order valence-electron chi connectivity index (χ2n) is 20.8. The van der Waals surface area contributed by atoms with Gasteiger partial charge in [0.05, 0.1) is 9.79 Å². The molecule has 0 aromatic heterocycles. The monoisotopic (exact) mass is 1040 g/mol. The van der Waals surface area contributed by atoms with Crippen molar-refractivity contribution in [2.24, 2.45) is 0 Å². The summed E-state index contributed by atoms with van der Waals surface area (Å²) in [5, 5.41) is 20.9. The minimum atomic E-state index is -4.68. The van der Waals surface area contributed by atoms with E-state index in [-0.39, 0.29) is 34.6 Å². The van der Waals surface area contributed by atoms with Gasteiger partial charge in [-0.3, -0.25) is 0 Å². The Labute approximate surface area is 454 Å². The zero-order valence-corrected chi connectivity index (χ0v) is 49.3. The maximum atomic E-state index is 11.7. The van der Waals surface area contributed by atoms with Crippen LogP contribution < -0.4 is 0 Å². The summed E-state index contributed by atoms with van der Waals surface area (Å²) in [4.78, 5) is -0.881. The maximum Gasteiger partial charge on any atom is 2.00 e. The third kappa shape index (κ3) is 37.1. The summed E-state index contributed by atoms with van der Waals surface area (Å²) in [6.07, 6.45) is 52.3. The molecule has 0 fully saturated rings. The third-order valence-corrected chi connectivity index (χ3v) is 15.9. The number of rotatable bonds is 46. The summed E-state index contributed by atoms with van der Waals surface area (Å²) in [6, 6.07) is 6.64. The first kappa shape index (κ1) is 69.6. The molecule has 0 saturated carbocycles. The van der Waals surface area contributed by atoms with E-state index in [0.29, 0.717) is 24.0 Å². The molecule has 0 radical (unpaired) electrons. The van der Waals surface area contributed by atoms with Gasteiger partial charge in [0.1, 0.15) is 31.7 Å². The average molecular weight is 1040 g/mol. The largest absolute Gasteiger partial charge is 2.00 e. The SMILES string of the molecule is CCCCCCCCCCCCc1cc(CCCCCCCCCCCC)c(O)c(S(=O)(=O)[O-])c1.CCCCCCCCCCCCc1cc(CCCCCCCCCCCC)c(O)c(S(=O)(=O)[O-])c1.[Mg+2]. The Morgan fingerprint density at radius 1 is 0.310 bits per heavy atom. The Kier molecular flexibility index (Phi) is 45.1. The molecule has 0 atom stereocenters. The quantitative estimate of drug-likeness (QED) is 0.0377. The van der Waals surface area contributed by atoms with Crippen LogP contribution >= 0.6 is 0 Å². The van der Waals surface area contributed by atoms with Gasteiger partial charge in [0, 0.05) is 0 Å². The van der Waals surface area contributed by atoms with Gasteiger partial charge in [-0.05, 0) is 85.8 Å². The van der Waals surface area contributed by atoms with Gasteiger partial charge >= 0.3 is 23.1 Å². The number of hydrogen-bond donors (Lipinski definition) is 2. The zero-order chi connectivity index (χ0) is 51.6. The van der Waals surface area contributed by atoms with Crippen molar-refractivity contribution in [3.8, 4) is 11.5 Å². The molecule has 408 valence electrons. The summed E-state index contributed by atoms with van der Waals surface area (Å²) in [7, 11) is -9.37. The minimum absolute atomic E-state index is 0. The van der Waals surface area contributed by atoms with Crippen molar-refractivity contribution >= 4 is 43.3 Å². The molecule has 2 rings (SSSR count). The molecule has 0 saturated heterocycles. The van der Waals surface area contributed by atoms with Gasteiger partial charge in [-0.25, -0.2) is 16.8 Å². The number of unbranched alkanes of at least 4 members (excludes halogenated alkanes) is 36. The van der Waals surface area contributed by atoms with Gasteiger partial charge in [0.2, 0.25) is 0 Å². The molecule has 11 heteroatoms. The van der Waals surface area contributed by atoms with Crippen LogP contribution in [0, 0.1) is 0 Å². The molecule has 0 spiro atoms. The van der Waals surface area contributed by atoms with E-state index < -0.39 is 30.0 Å². The van der Waals surface area contributed by atoms with Gasteiger partial charge in [0.25, 0.3) is 0 Å². The molecule has 0 heterocycles. The summed E-state index contributed by atoms with van der Waals surface area (Å²) in [5.74, 6) is -0.662. The molecule has 0 aliphatic carbocycles. The fourth-order valence-electron chi connectivity index (χ4n) is 9.75. The zero-order valence-electron chi connectivity index (χ0n) is 46.3. The van der Waals surface area contributed by atoms with Crippen LogP contribution in [0.3, 0.4) is 0 Å². The van der Waals surface area contributed by atoms with E-state index in [1.165, 1.54) is 218 Å². The number of hydrogen-bond acceptors (Lipinski definition) is 8. The summed E-state index contributed by atoms with van der Waals surface area (Å²) in [5.41, 5.74) is 2.95. The van der Waals surface area contributed by atoms with Crippen LogP contribution in [0.2, 0.25) is 0 Å². The first-order chi connectivity index (χ1) is 33.8. The molecule has 2 N–H and O–H groups in total. The predicted molar refractivity (Wildman–Crippen MR) is 300 cm³/mol. The summed E-state index contributed by atoms with van der Waals surface area (Å²) >= 11 is 0. The van der Waals surface area contributed by atoms with Gasteiger partial charge in [0.15, 0.2) is 0 Å². The van der Waals surface area contributed by atoms with E-state index in [2.05, 4.69) is 27.7 Å². The van der Waals surface area contributed by atoms with Crippen LogP contribution in [-0.2, 0) is 45.9 Å². The Bertz CT molecular complexity index is 1650. The second-order valence-corrected chi connectivity index (χ2v) is 23.5. The molecule has 0 amide bonds. The topological polar surface area (TPSA) is 155 Å². The van der Waals surface area contributed by atoms with Gasteiger partial charge < -0.3 is 19.3 Å². The second kappa shape index (κ2) is 46.0. The van der Waals surface area contributed by atoms with E-state index >= 15 is 0 Å². The van der Waals surface area contributed by atoms with Crippen LogP contribution in [0.5, 0.6) is 11.5 Å². The Morgan fingerprint density at radius 3 is 0.690 bits per heavy atom. The van der Waals surface area contributed by atoms with E-state index in [9.17, 15) is 36.2 Å².